The maximum absolute atomic E-state index is 11.5. The van der Waals surface area contributed by atoms with Crippen LogP contribution < -0.4 is 5.32 Å². The highest BCUT2D eigenvalue weighted by Gasteiger charge is 2.39. The topological polar surface area (TPSA) is 29.1 Å². The van der Waals surface area contributed by atoms with Crippen LogP contribution in [0.15, 0.2) is 0 Å². The Balaban J connectivity index is 1.75. The van der Waals surface area contributed by atoms with Crippen molar-refractivity contribution in [3.05, 3.63) is 0 Å². The summed E-state index contributed by atoms with van der Waals surface area (Å²) in [7, 11) is 0. The van der Waals surface area contributed by atoms with E-state index >= 15 is 0 Å². The fourth-order valence-electron chi connectivity index (χ4n) is 2.10. The highest BCUT2D eigenvalue weighted by atomic mass is 16.1. The number of rotatable bonds is 3. The van der Waals surface area contributed by atoms with Crippen LogP contribution in [0.5, 0.6) is 0 Å². The molecule has 2 nitrogen and oxygen atoms in total. The first-order valence-corrected chi connectivity index (χ1v) is 5.03. The predicted molar refractivity (Wildman–Crippen MR) is 47.9 cm³/mol. The first-order valence-electron chi connectivity index (χ1n) is 5.03. The van der Waals surface area contributed by atoms with Crippen LogP contribution in [0.25, 0.3) is 0 Å². The zero-order valence-corrected chi connectivity index (χ0v) is 7.68. The van der Waals surface area contributed by atoms with Gasteiger partial charge >= 0.3 is 0 Å². The average Bonchev–Trinajstić information content (AvgIpc) is 2.58. The van der Waals surface area contributed by atoms with Crippen LogP contribution in [-0.2, 0) is 4.79 Å². The smallest absolute Gasteiger partial charge is 0.137 e. The lowest BCUT2D eigenvalue weighted by molar-refractivity contribution is -0.120. The number of carbonyl (C=O) groups excluding carboxylic acids is 1. The van der Waals surface area contributed by atoms with Crippen LogP contribution in [0.1, 0.15) is 32.6 Å². The van der Waals surface area contributed by atoms with Gasteiger partial charge in [0.2, 0.25) is 0 Å². The normalized spacial score (nSPS) is 39.9. The van der Waals surface area contributed by atoms with Crippen molar-refractivity contribution in [2.75, 3.05) is 6.54 Å². The monoisotopic (exact) mass is 167 g/mol. The van der Waals surface area contributed by atoms with Gasteiger partial charge in [-0.3, -0.25) is 4.79 Å². The van der Waals surface area contributed by atoms with Gasteiger partial charge in [0.05, 0.1) is 0 Å². The first kappa shape index (κ1) is 8.24. The molecular formula is C10H17NO. The van der Waals surface area contributed by atoms with E-state index in [0.717, 1.165) is 19.4 Å². The fourth-order valence-corrected chi connectivity index (χ4v) is 2.10. The summed E-state index contributed by atoms with van der Waals surface area (Å²) < 4.78 is 0. The fraction of sp³-hybridized carbons (Fsp3) is 0.900. The van der Waals surface area contributed by atoms with E-state index in [0.29, 0.717) is 23.7 Å². The summed E-state index contributed by atoms with van der Waals surface area (Å²) >= 11 is 0. The highest BCUT2D eigenvalue weighted by Crippen LogP contribution is 2.39. The van der Waals surface area contributed by atoms with E-state index in [4.69, 9.17) is 0 Å². The van der Waals surface area contributed by atoms with Crippen molar-refractivity contribution in [1.82, 2.24) is 5.32 Å². The Morgan fingerprint density at radius 1 is 1.58 bits per heavy atom. The number of hydrogen-bond acceptors (Lipinski definition) is 2. The molecule has 1 aliphatic heterocycles. The molecule has 2 heteroatoms. The molecule has 0 spiro atoms. The minimum absolute atomic E-state index is 0.424. The number of hydrogen-bond donors (Lipinski definition) is 1. The van der Waals surface area contributed by atoms with Gasteiger partial charge in [-0.2, -0.15) is 0 Å². The lowest BCUT2D eigenvalue weighted by Crippen LogP contribution is -2.25. The second-order valence-electron chi connectivity index (χ2n) is 4.28. The van der Waals surface area contributed by atoms with Gasteiger partial charge in [0.25, 0.3) is 0 Å². The molecule has 2 fully saturated rings. The van der Waals surface area contributed by atoms with E-state index in [-0.39, 0.29) is 0 Å². The Hall–Kier alpha value is -0.370. The minimum atomic E-state index is 0.424. The van der Waals surface area contributed by atoms with Crippen molar-refractivity contribution in [3.8, 4) is 0 Å². The Labute approximate surface area is 73.7 Å². The van der Waals surface area contributed by atoms with Crippen molar-refractivity contribution in [1.29, 1.82) is 0 Å². The van der Waals surface area contributed by atoms with Crippen molar-refractivity contribution >= 4 is 5.78 Å². The molecule has 1 saturated heterocycles. The van der Waals surface area contributed by atoms with Gasteiger partial charge in [0.1, 0.15) is 5.78 Å². The number of nitrogens with one attached hydrogen (secondary N) is 1. The van der Waals surface area contributed by atoms with Gasteiger partial charge < -0.3 is 5.32 Å². The van der Waals surface area contributed by atoms with E-state index in [1.807, 2.05) is 0 Å². The van der Waals surface area contributed by atoms with Gasteiger partial charge in [0.15, 0.2) is 0 Å². The highest BCUT2D eigenvalue weighted by molar-refractivity contribution is 5.84. The van der Waals surface area contributed by atoms with Crippen LogP contribution in [0.3, 0.4) is 0 Å². The molecule has 3 unspecified atom stereocenters. The van der Waals surface area contributed by atoms with Gasteiger partial charge in [-0.05, 0) is 31.7 Å². The van der Waals surface area contributed by atoms with E-state index < -0.39 is 0 Å². The van der Waals surface area contributed by atoms with Crippen LogP contribution in [0, 0.1) is 11.8 Å². The third-order valence-corrected chi connectivity index (χ3v) is 3.13. The molecule has 0 amide bonds. The number of carbonyl (C=O) groups is 1. The Morgan fingerprint density at radius 2 is 2.33 bits per heavy atom. The van der Waals surface area contributed by atoms with Crippen LogP contribution >= 0.6 is 0 Å². The lowest BCUT2D eigenvalue weighted by atomic mass is 10.1. The maximum atomic E-state index is 11.5. The zero-order chi connectivity index (χ0) is 8.55. The molecule has 68 valence electrons. The van der Waals surface area contributed by atoms with Gasteiger partial charge in [-0.15, -0.1) is 0 Å². The molecular weight excluding hydrogens is 150 g/mol. The second-order valence-corrected chi connectivity index (χ2v) is 4.28. The van der Waals surface area contributed by atoms with E-state index in [9.17, 15) is 4.79 Å². The first-order chi connectivity index (χ1) is 5.77. The van der Waals surface area contributed by atoms with Crippen molar-refractivity contribution in [3.63, 3.8) is 0 Å². The number of Topliss-reactive ketones (excluding diaryl/α,β-unsaturated/α-hetero) is 1. The Morgan fingerprint density at radius 3 is 2.83 bits per heavy atom. The van der Waals surface area contributed by atoms with E-state index in [1.165, 1.54) is 12.8 Å². The lowest BCUT2D eigenvalue weighted by Gasteiger charge is -2.07. The molecule has 0 aromatic rings. The van der Waals surface area contributed by atoms with E-state index in [2.05, 4.69) is 12.2 Å². The van der Waals surface area contributed by atoms with Crippen molar-refractivity contribution in [2.45, 2.75) is 38.6 Å². The summed E-state index contributed by atoms with van der Waals surface area (Å²) in [4.78, 5) is 11.5. The van der Waals surface area contributed by atoms with Gasteiger partial charge in [-0.25, -0.2) is 0 Å². The largest absolute Gasteiger partial charge is 0.314 e. The molecule has 2 aliphatic rings. The summed E-state index contributed by atoms with van der Waals surface area (Å²) in [5.74, 6) is 1.60. The summed E-state index contributed by atoms with van der Waals surface area (Å²) in [5.41, 5.74) is 0. The molecule has 2 rings (SSSR count). The summed E-state index contributed by atoms with van der Waals surface area (Å²) in [6, 6.07) is 0.505. The molecule has 1 saturated carbocycles. The molecule has 3 atom stereocenters. The zero-order valence-electron chi connectivity index (χ0n) is 7.68. The quantitative estimate of drug-likeness (QED) is 0.687. The Kier molecular flexibility index (Phi) is 2.18. The van der Waals surface area contributed by atoms with Crippen LogP contribution in [0.4, 0.5) is 0 Å². The SMILES string of the molecule is CC1CC1C(=O)CC1CCCN1. The maximum Gasteiger partial charge on any atom is 0.137 e. The average molecular weight is 167 g/mol. The summed E-state index contributed by atoms with van der Waals surface area (Å²) in [6.07, 6.45) is 4.38. The molecule has 1 N–H and O–H groups in total. The van der Waals surface area contributed by atoms with Gasteiger partial charge in [-0.1, -0.05) is 6.92 Å². The number of ketones is 1. The third-order valence-electron chi connectivity index (χ3n) is 3.13. The second kappa shape index (κ2) is 3.17. The van der Waals surface area contributed by atoms with Crippen LogP contribution in [-0.4, -0.2) is 18.4 Å². The van der Waals surface area contributed by atoms with Crippen molar-refractivity contribution in [2.24, 2.45) is 11.8 Å². The third kappa shape index (κ3) is 1.69. The van der Waals surface area contributed by atoms with Crippen LogP contribution in [0.2, 0.25) is 0 Å². The molecule has 0 aromatic heterocycles. The summed E-state index contributed by atoms with van der Waals surface area (Å²) in [5, 5.41) is 3.36. The summed E-state index contributed by atoms with van der Waals surface area (Å²) in [6.45, 7) is 3.28. The standard InChI is InChI=1S/C10H17NO/c1-7-5-9(7)10(12)6-8-3-2-4-11-8/h7-9,11H,2-6H2,1H3. The molecule has 1 heterocycles. The Bertz CT molecular complexity index is 184. The molecule has 0 bridgehead atoms. The minimum Gasteiger partial charge on any atom is -0.314 e. The molecule has 0 aromatic carbocycles. The molecule has 12 heavy (non-hydrogen) atoms. The van der Waals surface area contributed by atoms with E-state index in [1.54, 1.807) is 0 Å². The van der Waals surface area contributed by atoms with Gasteiger partial charge in [0, 0.05) is 18.4 Å². The molecule has 1 aliphatic carbocycles. The predicted octanol–water partition coefficient (Wildman–Crippen LogP) is 1.35. The molecule has 0 radical (unpaired) electrons. The van der Waals surface area contributed by atoms with Crippen molar-refractivity contribution < 1.29 is 4.79 Å².